The van der Waals surface area contributed by atoms with Crippen molar-refractivity contribution in [2.45, 2.75) is 18.3 Å². The minimum atomic E-state index is -1.63. The highest BCUT2D eigenvalue weighted by Gasteiger charge is 2.39. The molecule has 3 atom stereocenters. The van der Waals surface area contributed by atoms with Crippen LogP contribution in [0.4, 0.5) is 0 Å². The van der Waals surface area contributed by atoms with Crippen molar-refractivity contribution < 1.29 is 33.6 Å². The lowest BCUT2D eigenvalue weighted by Gasteiger charge is -2.25. The Hall–Kier alpha value is -1.18. The summed E-state index contributed by atoms with van der Waals surface area (Å²) in [6.07, 6.45) is -4.02. The molecule has 0 aliphatic rings. The predicted octanol–water partition coefficient (Wildman–Crippen LogP) is -1.28. The number of hydrogen-bond donors (Lipinski definition) is 1. The number of methoxy groups -OCH3 is 4. The first-order valence-corrected chi connectivity index (χ1v) is 4.42. The maximum atomic E-state index is 11.3. The maximum absolute atomic E-state index is 11.3. The van der Waals surface area contributed by atoms with Crippen LogP contribution in [0.5, 0.6) is 0 Å². The second-order valence-electron chi connectivity index (χ2n) is 2.85. The molecule has 16 heavy (non-hydrogen) atoms. The average molecular weight is 236 g/mol. The molecular formula is C9H16O7. The highest BCUT2D eigenvalue weighted by molar-refractivity contribution is 5.79. The van der Waals surface area contributed by atoms with Crippen molar-refractivity contribution in [1.82, 2.24) is 0 Å². The van der Waals surface area contributed by atoms with E-state index in [9.17, 15) is 14.7 Å². The summed E-state index contributed by atoms with van der Waals surface area (Å²) < 4.78 is 18.4. The van der Waals surface area contributed by atoms with Crippen LogP contribution >= 0.6 is 0 Å². The number of esters is 2. The summed E-state index contributed by atoms with van der Waals surface area (Å²) in [7, 11) is 4.73. The molecule has 1 unspecified atom stereocenters. The molecule has 0 saturated heterocycles. The number of hydrogen-bond acceptors (Lipinski definition) is 7. The van der Waals surface area contributed by atoms with Gasteiger partial charge < -0.3 is 24.1 Å². The topological polar surface area (TPSA) is 91.3 Å². The van der Waals surface area contributed by atoms with Crippen LogP contribution < -0.4 is 0 Å². The Morgan fingerprint density at radius 2 is 1.44 bits per heavy atom. The van der Waals surface area contributed by atoms with Gasteiger partial charge in [-0.25, -0.2) is 9.59 Å². The van der Waals surface area contributed by atoms with Gasteiger partial charge in [-0.1, -0.05) is 0 Å². The van der Waals surface area contributed by atoms with E-state index in [2.05, 4.69) is 9.47 Å². The summed E-state index contributed by atoms with van der Waals surface area (Å²) in [6, 6.07) is 0. The largest absolute Gasteiger partial charge is 0.467 e. The van der Waals surface area contributed by atoms with E-state index in [1.807, 2.05) is 0 Å². The monoisotopic (exact) mass is 236 g/mol. The van der Waals surface area contributed by atoms with Gasteiger partial charge in [-0.05, 0) is 0 Å². The molecule has 0 heterocycles. The highest BCUT2D eigenvalue weighted by Crippen LogP contribution is 2.10. The van der Waals surface area contributed by atoms with Gasteiger partial charge in [0.05, 0.1) is 14.2 Å². The zero-order chi connectivity index (χ0) is 12.7. The summed E-state index contributed by atoms with van der Waals surface area (Å²) in [6.45, 7) is 0. The van der Waals surface area contributed by atoms with E-state index < -0.39 is 30.3 Å². The van der Waals surface area contributed by atoms with Crippen molar-refractivity contribution in [2.75, 3.05) is 28.4 Å². The Morgan fingerprint density at radius 1 is 0.938 bits per heavy atom. The normalized spacial score (nSPS) is 16.1. The van der Waals surface area contributed by atoms with Crippen LogP contribution in [0.2, 0.25) is 0 Å². The molecule has 0 radical (unpaired) electrons. The average Bonchev–Trinajstić information content (AvgIpc) is 2.32. The summed E-state index contributed by atoms with van der Waals surface area (Å²) in [5, 5.41) is 9.54. The molecule has 0 aromatic rings. The Labute approximate surface area is 93.2 Å². The third-order valence-corrected chi connectivity index (χ3v) is 2.01. The van der Waals surface area contributed by atoms with Gasteiger partial charge >= 0.3 is 11.9 Å². The van der Waals surface area contributed by atoms with Gasteiger partial charge in [0, 0.05) is 14.2 Å². The van der Waals surface area contributed by atoms with Gasteiger partial charge in [0.15, 0.2) is 12.2 Å². The molecule has 0 aromatic carbocycles. The molecule has 0 fully saturated rings. The van der Waals surface area contributed by atoms with Crippen molar-refractivity contribution >= 4 is 11.9 Å². The number of carbonyl (C=O) groups is 2. The number of ether oxygens (including phenoxy) is 4. The van der Waals surface area contributed by atoms with Crippen LogP contribution in [0.25, 0.3) is 0 Å². The second-order valence-corrected chi connectivity index (χ2v) is 2.85. The van der Waals surface area contributed by atoms with Crippen molar-refractivity contribution in [3.63, 3.8) is 0 Å². The molecular weight excluding hydrogens is 220 g/mol. The zero-order valence-electron chi connectivity index (χ0n) is 9.63. The molecule has 0 aromatic heterocycles. The van der Waals surface area contributed by atoms with Gasteiger partial charge in [0.25, 0.3) is 0 Å². The molecule has 0 spiro atoms. The fraction of sp³-hybridized carbons (Fsp3) is 0.778. The Balaban J connectivity index is 4.80. The summed E-state index contributed by atoms with van der Waals surface area (Å²) in [5.41, 5.74) is 0. The van der Waals surface area contributed by atoms with Crippen molar-refractivity contribution in [1.29, 1.82) is 0 Å². The smallest absolute Gasteiger partial charge is 0.337 e. The molecule has 0 aliphatic heterocycles. The third kappa shape index (κ3) is 3.44. The fourth-order valence-corrected chi connectivity index (χ4v) is 1.15. The van der Waals surface area contributed by atoms with E-state index in [4.69, 9.17) is 9.47 Å². The predicted molar refractivity (Wildman–Crippen MR) is 51.6 cm³/mol. The number of aliphatic hydroxyl groups excluding tert-OH is 1. The van der Waals surface area contributed by atoms with Crippen LogP contribution in [0.3, 0.4) is 0 Å². The van der Waals surface area contributed by atoms with Gasteiger partial charge in [-0.3, -0.25) is 0 Å². The van der Waals surface area contributed by atoms with E-state index >= 15 is 0 Å². The van der Waals surface area contributed by atoms with Gasteiger partial charge in [0.1, 0.15) is 6.10 Å². The quantitative estimate of drug-likeness (QED) is 0.574. The first-order valence-electron chi connectivity index (χ1n) is 4.42. The molecule has 0 amide bonds. The minimum absolute atomic E-state index is 0.752. The van der Waals surface area contributed by atoms with Crippen molar-refractivity contribution in [3.05, 3.63) is 0 Å². The first-order chi connectivity index (χ1) is 7.53. The van der Waals surface area contributed by atoms with Gasteiger partial charge in [-0.2, -0.15) is 0 Å². The number of rotatable bonds is 6. The molecule has 1 N–H and O–H groups in total. The molecule has 7 nitrogen and oxygen atoms in total. The maximum Gasteiger partial charge on any atom is 0.337 e. The first kappa shape index (κ1) is 14.8. The lowest BCUT2D eigenvalue weighted by Crippen LogP contribution is -2.48. The van der Waals surface area contributed by atoms with Crippen LogP contribution in [0.15, 0.2) is 0 Å². The zero-order valence-corrected chi connectivity index (χ0v) is 9.63. The Kier molecular flexibility index (Phi) is 6.63. The molecule has 94 valence electrons. The lowest BCUT2D eigenvalue weighted by atomic mass is 10.1. The van der Waals surface area contributed by atoms with Crippen LogP contribution in [0, 0.1) is 0 Å². The molecule has 7 heteroatoms. The Bertz CT molecular complexity index is 240. The van der Waals surface area contributed by atoms with Crippen LogP contribution in [-0.2, 0) is 28.5 Å². The van der Waals surface area contributed by atoms with Crippen LogP contribution in [-0.4, -0.2) is 63.8 Å². The second kappa shape index (κ2) is 7.15. The highest BCUT2D eigenvalue weighted by atomic mass is 16.6. The summed E-state index contributed by atoms with van der Waals surface area (Å²) in [5.74, 6) is -1.67. The van der Waals surface area contributed by atoms with Crippen molar-refractivity contribution in [3.8, 4) is 0 Å². The minimum Gasteiger partial charge on any atom is -0.467 e. The standard InChI is InChI=1S/C9H16O7/c1-13-6(5(10)8(11)15-3)7(14-2)9(12)16-4/h5-7,10H,1-4H3/t5?,6-,7-/m0/s1. The van der Waals surface area contributed by atoms with Gasteiger partial charge in [-0.15, -0.1) is 0 Å². The number of aliphatic hydroxyl groups is 1. The van der Waals surface area contributed by atoms with E-state index in [0.29, 0.717) is 0 Å². The summed E-state index contributed by atoms with van der Waals surface area (Å²) >= 11 is 0. The number of carbonyl (C=O) groups excluding carboxylic acids is 2. The Morgan fingerprint density at radius 3 is 1.75 bits per heavy atom. The summed E-state index contributed by atoms with van der Waals surface area (Å²) in [4.78, 5) is 22.4. The van der Waals surface area contributed by atoms with E-state index in [0.717, 1.165) is 14.2 Å². The molecule has 0 saturated carbocycles. The lowest BCUT2D eigenvalue weighted by molar-refractivity contribution is -0.177. The van der Waals surface area contributed by atoms with Crippen LogP contribution in [0.1, 0.15) is 0 Å². The third-order valence-electron chi connectivity index (χ3n) is 2.01. The molecule has 0 aliphatic carbocycles. The van der Waals surface area contributed by atoms with E-state index in [-0.39, 0.29) is 0 Å². The van der Waals surface area contributed by atoms with Gasteiger partial charge in [0.2, 0.25) is 0 Å². The SMILES string of the molecule is COC(=O)C(O)[C@H](OC)[C@H](OC)C(=O)OC. The van der Waals surface area contributed by atoms with E-state index in [1.165, 1.54) is 14.2 Å². The van der Waals surface area contributed by atoms with Crippen molar-refractivity contribution in [2.24, 2.45) is 0 Å². The van der Waals surface area contributed by atoms with E-state index in [1.54, 1.807) is 0 Å². The molecule has 0 bridgehead atoms. The fourth-order valence-electron chi connectivity index (χ4n) is 1.15. The molecule has 0 rings (SSSR count).